The lowest BCUT2D eigenvalue weighted by molar-refractivity contribution is -0.136. The topological polar surface area (TPSA) is 201 Å². The molecular formula is C41H47N9O7. The van der Waals surface area contributed by atoms with Crippen LogP contribution >= 0.6 is 0 Å². The van der Waals surface area contributed by atoms with Crippen molar-refractivity contribution in [3.05, 3.63) is 94.6 Å². The molecule has 0 bridgehead atoms. The summed E-state index contributed by atoms with van der Waals surface area (Å²) in [5.41, 5.74) is 4.88. The average Bonchev–Trinajstić information content (AvgIpc) is 3.87. The van der Waals surface area contributed by atoms with Gasteiger partial charge in [0.25, 0.3) is 17.7 Å². The molecule has 1 aliphatic carbocycles. The van der Waals surface area contributed by atoms with Gasteiger partial charge in [0.1, 0.15) is 6.04 Å². The smallest absolute Gasteiger partial charge is 0.276 e. The molecule has 298 valence electrons. The van der Waals surface area contributed by atoms with E-state index in [1.165, 1.54) is 18.2 Å². The number of anilines is 2. The Morgan fingerprint density at radius 2 is 1.77 bits per heavy atom. The third-order valence-electron chi connectivity index (χ3n) is 10.8. The Morgan fingerprint density at radius 1 is 0.982 bits per heavy atom. The normalized spacial score (nSPS) is 18.0. The van der Waals surface area contributed by atoms with Crippen LogP contribution < -0.4 is 16.0 Å². The number of fused-ring (bicyclic) bond motifs is 2. The zero-order chi connectivity index (χ0) is 40.3. The fraction of sp³-hybridized carbons (Fsp3) is 0.415. The zero-order valence-electron chi connectivity index (χ0n) is 32.3. The van der Waals surface area contributed by atoms with E-state index in [1.54, 1.807) is 6.20 Å². The summed E-state index contributed by atoms with van der Waals surface area (Å²) in [5, 5.41) is 20.0. The first-order valence-corrected chi connectivity index (χ1v) is 19.3. The summed E-state index contributed by atoms with van der Waals surface area (Å²) >= 11 is 0. The lowest BCUT2D eigenvalue weighted by atomic mass is 9.76. The SMILES string of the molecule is CN(CCOCCC(=O)Nc1ccc2c(c1)C(=O)N(C1CCC(=O)NC1=O)C2=O)CC[C@@H](c1ccccc1)n1cc(NC(=O)c2n[nH]c3c2CCC(C)(C)C3)cn1. The summed E-state index contributed by atoms with van der Waals surface area (Å²) < 4.78 is 7.65. The van der Waals surface area contributed by atoms with Crippen molar-refractivity contribution in [3.63, 3.8) is 0 Å². The van der Waals surface area contributed by atoms with Crippen molar-refractivity contribution < 1.29 is 33.5 Å². The van der Waals surface area contributed by atoms with Gasteiger partial charge in [-0.05, 0) is 68.3 Å². The Hall–Kier alpha value is -6.00. The van der Waals surface area contributed by atoms with Crippen LogP contribution in [0.25, 0.3) is 0 Å². The predicted molar refractivity (Wildman–Crippen MR) is 208 cm³/mol. The van der Waals surface area contributed by atoms with Gasteiger partial charge in [-0.25, -0.2) is 0 Å². The van der Waals surface area contributed by atoms with Crippen LogP contribution in [0, 0.1) is 5.41 Å². The number of carbonyl (C=O) groups is 6. The molecule has 2 aliphatic heterocycles. The molecule has 57 heavy (non-hydrogen) atoms. The largest absolute Gasteiger partial charge is 0.380 e. The van der Waals surface area contributed by atoms with Gasteiger partial charge in [-0.2, -0.15) is 10.2 Å². The second-order valence-electron chi connectivity index (χ2n) is 15.7. The predicted octanol–water partition coefficient (Wildman–Crippen LogP) is 3.73. The molecular weight excluding hydrogens is 731 g/mol. The molecule has 1 unspecified atom stereocenters. The molecule has 4 N–H and O–H groups in total. The van der Waals surface area contributed by atoms with Crippen LogP contribution in [-0.2, 0) is 32.0 Å². The fourth-order valence-corrected chi connectivity index (χ4v) is 7.64. The van der Waals surface area contributed by atoms with E-state index in [1.807, 2.05) is 36.1 Å². The summed E-state index contributed by atoms with van der Waals surface area (Å²) in [4.78, 5) is 78.9. The third kappa shape index (κ3) is 8.86. The number of H-pyrrole nitrogens is 1. The lowest BCUT2D eigenvalue weighted by Gasteiger charge is -2.28. The second kappa shape index (κ2) is 16.6. The number of benzene rings is 2. The number of nitrogens with zero attached hydrogens (tertiary/aromatic N) is 5. The molecule has 7 rings (SSSR count). The first kappa shape index (κ1) is 39.2. The van der Waals surface area contributed by atoms with Gasteiger partial charge in [0, 0.05) is 42.7 Å². The second-order valence-corrected chi connectivity index (χ2v) is 15.7. The fourth-order valence-electron chi connectivity index (χ4n) is 7.64. The molecule has 2 aromatic carbocycles. The summed E-state index contributed by atoms with van der Waals surface area (Å²) in [6.07, 6.45) is 7.09. The molecule has 4 aromatic rings. The maximum Gasteiger partial charge on any atom is 0.276 e. The van der Waals surface area contributed by atoms with Crippen LogP contribution in [0.2, 0.25) is 0 Å². The number of ether oxygens (including phenoxy) is 1. The van der Waals surface area contributed by atoms with Crippen LogP contribution in [0.1, 0.15) is 100 Å². The van der Waals surface area contributed by atoms with Gasteiger partial charge in [0.2, 0.25) is 17.7 Å². The molecule has 3 aliphatic rings. The minimum absolute atomic E-state index is 0.0305. The molecule has 1 fully saturated rings. The first-order valence-electron chi connectivity index (χ1n) is 19.3. The van der Waals surface area contributed by atoms with Crippen LogP contribution in [0.3, 0.4) is 0 Å². The number of likely N-dealkylation sites (N-methyl/N-ethyl adjacent to an activating group) is 1. The van der Waals surface area contributed by atoms with Crippen molar-refractivity contribution in [3.8, 4) is 0 Å². The Bertz CT molecular complexity index is 2190. The molecule has 16 heteroatoms. The van der Waals surface area contributed by atoms with Gasteiger partial charge < -0.3 is 20.3 Å². The van der Waals surface area contributed by atoms with E-state index < -0.39 is 29.7 Å². The molecule has 4 heterocycles. The van der Waals surface area contributed by atoms with Crippen molar-refractivity contribution in [2.24, 2.45) is 5.41 Å². The van der Waals surface area contributed by atoms with Crippen LogP contribution in [0.5, 0.6) is 0 Å². The molecule has 0 saturated carbocycles. The zero-order valence-corrected chi connectivity index (χ0v) is 32.3. The molecule has 16 nitrogen and oxygen atoms in total. The maximum atomic E-state index is 13.3. The van der Waals surface area contributed by atoms with Crippen LogP contribution in [0.4, 0.5) is 11.4 Å². The summed E-state index contributed by atoms with van der Waals surface area (Å²) in [6, 6.07) is 13.3. The van der Waals surface area contributed by atoms with E-state index in [0.29, 0.717) is 30.2 Å². The van der Waals surface area contributed by atoms with Gasteiger partial charge >= 0.3 is 0 Å². The number of carbonyl (C=O) groups excluding carboxylic acids is 6. The van der Waals surface area contributed by atoms with Crippen LogP contribution in [-0.4, -0.2) is 105 Å². The number of aromatic amines is 1. The number of aromatic nitrogens is 4. The Kier molecular flexibility index (Phi) is 11.4. The summed E-state index contributed by atoms with van der Waals surface area (Å²) in [7, 11) is 2.00. The van der Waals surface area contributed by atoms with E-state index in [0.717, 1.165) is 53.9 Å². The van der Waals surface area contributed by atoms with Crippen molar-refractivity contribution in [1.29, 1.82) is 0 Å². The van der Waals surface area contributed by atoms with E-state index >= 15 is 0 Å². The van der Waals surface area contributed by atoms with E-state index in [4.69, 9.17) is 4.74 Å². The highest BCUT2D eigenvalue weighted by Gasteiger charge is 2.44. The van der Waals surface area contributed by atoms with Crippen molar-refractivity contribution >= 4 is 46.8 Å². The van der Waals surface area contributed by atoms with Gasteiger partial charge in [-0.3, -0.25) is 48.8 Å². The Morgan fingerprint density at radius 3 is 2.56 bits per heavy atom. The number of amides is 6. The highest BCUT2D eigenvalue weighted by Crippen LogP contribution is 2.35. The molecule has 2 atom stereocenters. The standard InChI is InChI=1S/C41H47N9O7/c1-41(2)16-13-29-31(22-41)46-47-36(29)38(54)44-27-23-42-49(24-27)32(25-7-5-4-6-8-25)14-17-48(3)18-20-57-19-15-35(52)43-26-9-10-28-30(21-26)40(56)50(39(28)55)33-11-12-34(51)45-37(33)53/h4-10,21,23-24,32-33H,11-20,22H2,1-3H3,(H,43,52)(H,44,54)(H,46,47)(H,45,51,53)/t32-,33?/m0/s1. The summed E-state index contributed by atoms with van der Waals surface area (Å²) in [6.45, 7) is 6.38. The highest BCUT2D eigenvalue weighted by atomic mass is 16.5. The molecule has 2 aromatic heterocycles. The van der Waals surface area contributed by atoms with Gasteiger partial charge in [0.15, 0.2) is 5.69 Å². The van der Waals surface area contributed by atoms with E-state index in [-0.39, 0.29) is 60.3 Å². The summed E-state index contributed by atoms with van der Waals surface area (Å²) in [5.74, 6) is -2.96. The number of hydrogen-bond donors (Lipinski definition) is 4. The van der Waals surface area contributed by atoms with Gasteiger partial charge in [-0.1, -0.05) is 44.2 Å². The Labute approximate surface area is 329 Å². The minimum Gasteiger partial charge on any atom is -0.380 e. The lowest BCUT2D eigenvalue weighted by Crippen LogP contribution is -2.54. The minimum atomic E-state index is -1.06. The number of imide groups is 2. The van der Waals surface area contributed by atoms with Crippen LogP contribution in [0.15, 0.2) is 60.9 Å². The molecule has 6 amide bonds. The molecule has 1 saturated heterocycles. The van der Waals surface area contributed by atoms with Crippen molar-refractivity contribution in [2.75, 3.05) is 44.0 Å². The van der Waals surface area contributed by atoms with E-state index in [9.17, 15) is 28.8 Å². The molecule has 0 radical (unpaired) electrons. The monoisotopic (exact) mass is 777 g/mol. The van der Waals surface area contributed by atoms with Gasteiger partial charge in [-0.15, -0.1) is 0 Å². The number of piperidine rings is 1. The highest BCUT2D eigenvalue weighted by molar-refractivity contribution is 6.24. The number of hydrogen-bond acceptors (Lipinski definition) is 10. The third-order valence-corrected chi connectivity index (χ3v) is 10.8. The Balaban J connectivity index is 0.859. The van der Waals surface area contributed by atoms with Crippen molar-refractivity contribution in [2.45, 2.75) is 70.9 Å². The molecule has 0 spiro atoms. The number of nitrogens with one attached hydrogen (secondary N) is 4. The number of rotatable bonds is 15. The quantitative estimate of drug-likeness (QED) is 0.102. The van der Waals surface area contributed by atoms with Crippen molar-refractivity contribution in [1.82, 2.24) is 35.1 Å². The maximum absolute atomic E-state index is 13.3. The van der Waals surface area contributed by atoms with E-state index in [2.05, 4.69) is 62.1 Å². The van der Waals surface area contributed by atoms with Gasteiger partial charge in [0.05, 0.1) is 48.7 Å². The first-order chi connectivity index (χ1) is 27.4. The average molecular weight is 778 g/mol.